The second-order valence-electron chi connectivity index (χ2n) is 0. The Labute approximate surface area is 81.2 Å². The predicted octanol–water partition coefficient (Wildman–Crippen LogP) is -2.11. The van der Waals surface area contributed by atoms with E-state index in [9.17, 15) is 0 Å². The van der Waals surface area contributed by atoms with E-state index in [1.807, 2.05) is 0 Å². The van der Waals surface area contributed by atoms with Crippen molar-refractivity contribution in [2.75, 3.05) is 0 Å². The quantitative estimate of drug-likeness (QED) is 0.439. The van der Waals surface area contributed by atoms with Crippen LogP contribution >= 0.6 is 0 Å². The van der Waals surface area contributed by atoms with Gasteiger partial charge in [0.15, 0.2) is 17.4 Å². The van der Waals surface area contributed by atoms with E-state index in [0.29, 0.717) is 0 Å². The zero-order valence-electron chi connectivity index (χ0n) is 1.91. The van der Waals surface area contributed by atoms with E-state index in [2.05, 4.69) is 0 Å². The minimum Gasteiger partial charge on any atom is 0 e. The first-order chi connectivity index (χ1) is 0. The van der Waals surface area contributed by atoms with Crippen molar-refractivity contribution in [1.82, 2.24) is 0 Å². The summed E-state index contributed by atoms with van der Waals surface area (Å²) in [4.78, 5) is 0. The molecular weight excluding hydrogens is 259 g/mol. The summed E-state index contributed by atoms with van der Waals surface area (Å²) in [6, 6.07) is 0. The molecule has 0 spiro atoms. The Hall–Kier alpha value is 2.67. The summed E-state index contributed by atoms with van der Waals surface area (Å²) < 4.78 is 0. The van der Waals surface area contributed by atoms with Crippen molar-refractivity contribution >= 4 is 41.3 Å². The molecular formula is H5AlSnTiZn. The maximum absolute atomic E-state index is 0. The first-order valence-corrected chi connectivity index (χ1v) is 0. The summed E-state index contributed by atoms with van der Waals surface area (Å²) in [6.07, 6.45) is 0. The van der Waals surface area contributed by atoms with Crippen LogP contribution in [0.5, 0.6) is 0 Å². The zero-order valence-corrected chi connectivity index (χ0v) is 10.5. The molecule has 0 rings (SSSR count). The van der Waals surface area contributed by atoms with Gasteiger partial charge >= 0.3 is 23.9 Å². The fourth-order valence-electron chi connectivity index (χ4n) is 0. The Morgan fingerprint density at radius 2 is 1.00 bits per heavy atom. The van der Waals surface area contributed by atoms with Crippen molar-refractivity contribution in [2.24, 2.45) is 0 Å². The Morgan fingerprint density at radius 1 is 1.00 bits per heavy atom. The SMILES string of the molecule is [AlH3].[SnH2].[Ti].[Zn]. The normalized spacial score (nSPS) is 0. The molecule has 0 atom stereocenters. The van der Waals surface area contributed by atoms with Gasteiger partial charge in [-0.05, 0) is 0 Å². The second-order valence-corrected chi connectivity index (χ2v) is 0. The molecule has 0 aliphatic rings. The van der Waals surface area contributed by atoms with Crippen LogP contribution in [0.25, 0.3) is 0 Å². The average molecular weight is 264 g/mol. The molecule has 0 aromatic heterocycles. The van der Waals surface area contributed by atoms with Crippen LogP contribution in [0.1, 0.15) is 0 Å². The van der Waals surface area contributed by atoms with Gasteiger partial charge in [0, 0.05) is 41.2 Å². The third kappa shape index (κ3) is 8.82. The number of hydrogen-bond acceptors (Lipinski definition) is 0. The minimum atomic E-state index is 0. The first-order valence-electron chi connectivity index (χ1n) is 0. The Bertz CT molecular complexity index is 8.00. The van der Waals surface area contributed by atoms with Gasteiger partial charge in [0.05, 0.1) is 0 Å². The molecule has 0 saturated heterocycles. The van der Waals surface area contributed by atoms with Gasteiger partial charge in [0.25, 0.3) is 0 Å². The Balaban J connectivity index is 0. The second kappa shape index (κ2) is 17.3. The van der Waals surface area contributed by atoms with Gasteiger partial charge in [-0.1, -0.05) is 0 Å². The van der Waals surface area contributed by atoms with Crippen LogP contribution in [0.15, 0.2) is 0 Å². The summed E-state index contributed by atoms with van der Waals surface area (Å²) in [5.74, 6) is 0. The van der Waals surface area contributed by atoms with E-state index in [4.69, 9.17) is 0 Å². The molecule has 4 heavy (non-hydrogen) atoms. The molecule has 0 bridgehead atoms. The molecule has 0 aromatic carbocycles. The van der Waals surface area contributed by atoms with Crippen LogP contribution in [0.3, 0.4) is 0 Å². The van der Waals surface area contributed by atoms with Crippen LogP contribution < -0.4 is 0 Å². The molecule has 0 fully saturated rings. The Kier molecular flexibility index (Phi) is 130. The molecule has 0 nitrogen and oxygen atoms in total. The van der Waals surface area contributed by atoms with Gasteiger partial charge in [-0.2, -0.15) is 0 Å². The topological polar surface area (TPSA) is 0 Å². The van der Waals surface area contributed by atoms with Crippen LogP contribution in [-0.2, 0) is 41.2 Å². The van der Waals surface area contributed by atoms with Gasteiger partial charge in [-0.15, -0.1) is 0 Å². The summed E-state index contributed by atoms with van der Waals surface area (Å²) >= 11 is 0. The number of hydrogen-bond donors (Lipinski definition) is 0. The average Bonchev–Trinajstić information content (AvgIpc) is 0. The number of rotatable bonds is 0. The van der Waals surface area contributed by atoms with Gasteiger partial charge in [-0.25, -0.2) is 0 Å². The smallest absolute Gasteiger partial charge is 0 e. The third-order valence-electron chi connectivity index (χ3n) is 0. The van der Waals surface area contributed by atoms with Gasteiger partial charge in [0.2, 0.25) is 0 Å². The summed E-state index contributed by atoms with van der Waals surface area (Å²) in [7, 11) is 0. The molecule has 0 aromatic rings. The van der Waals surface area contributed by atoms with E-state index in [1.54, 1.807) is 0 Å². The van der Waals surface area contributed by atoms with E-state index in [0.717, 1.165) is 0 Å². The van der Waals surface area contributed by atoms with Crippen LogP contribution in [0.4, 0.5) is 0 Å². The minimum absolute atomic E-state index is 0. The molecule has 0 saturated carbocycles. The van der Waals surface area contributed by atoms with Gasteiger partial charge < -0.3 is 0 Å². The first kappa shape index (κ1) is 30.1. The van der Waals surface area contributed by atoms with Crippen LogP contribution in [-0.4, -0.2) is 41.3 Å². The van der Waals surface area contributed by atoms with Crippen molar-refractivity contribution in [3.05, 3.63) is 0 Å². The zero-order chi connectivity index (χ0) is 0. The summed E-state index contributed by atoms with van der Waals surface area (Å²) in [6.45, 7) is 0. The molecule has 0 aliphatic carbocycles. The fraction of sp³-hybridized carbons (Fsp3) is 0. The third-order valence-corrected chi connectivity index (χ3v) is 0. The molecule has 18 valence electrons. The summed E-state index contributed by atoms with van der Waals surface area (Å²) in [5.41, 5.74) is 0. The maximum Gasteiger partial charge on any atom is 0 e. The predicted molar refractivity (Wildman–Crippen MR) is 18.5 cm³/mol. The largest absolute Gasteiger partial charge is 0 e. The summed E-state index contributed by atoms with van der Waals surface area (Å²) in [5, 5.41) is 0. The van der Waals surface area contributed by atoms with Crippen molar-refractivity contribution < 1.29 is 41.2 Å². The maximum atomic E-state index is 0. The monoisotopic (exact) mass is 264 g/mol. The molecule has 0 heterocycles. The molecule has 2 radical (unpaired) electrons. The standard InChI is InChI=1S/Al.Sn.Ti.Zn.5H. The van der Waals surface area contributed by atoms with Crippen LogP contribution in [0.2, 0.25) is 0 Å². The van der Waals surface area contributed by atoms with E-state index < -0.39 is 0 Å². The van der Waals surface area contributed by atoms with Crippen LogP contribution in [0, 0.1) is 0 Å². The van der Waals surface area contributed by atoms with Crippen molar-refractivity contribution in [2.45, 2.75) is 0 Å². The van der Waals surface area contributed by atoms with Crippen molar-refractivity contribution in [3.8, 4) is 0 Å². The Morgan fingerprint density at radius 3 is 1.00 bits per heavy atom. The molecule has 0 aliphatic heterocycles. The molecule has 4 heteroatoms. The van der Waals surface area contributed by atoms with Crippen molar-refractivity contribution in [1.29, 1.82) is 0 Å². The van der Waals surface area contributed by atoms with E-state index in [1.165, 1.54) is 0 Å². The van der Waals surface area contributed by atoms with Gasteiger partial charge in [-0.3, -0.25) is 0 Å². The van der Waals surface area contributed by atoms with Gasteiger partial charge in [0.1, 0.15) is 0 Å². The van der Waals surface area contributed by atoms with E-state index >= 15 is 0 Å². The molecule has 0 unspecified atom stereocenters. The van der Waals surface area contributed by atoms with E-state index in [-0.39, 0.29) is 82.5 Å². The fourth-order valence-corrected chi connectivity index (χ4v) is 0. The molecule has 0 N–H and O–H groups in total. The molecule has 0 amide bonds. The van der Waals surface area contributed by atoms with Crippen molar-refractivity contribution in [3.63, 3.8) is 0 Å².